The van der Waals surface area contributed by atoms with E-state index in [4.69, 9.17) is 0 Å². The molecule has 1 saturated heterocycles. The first kappa shape index (κ1) is 14.3. The summed E-state index contributed by atoms with van der Waals surface area (Å²) in [5.41, 5.74) is 2.98. The Morgan fingerprint density at radius 3 is 2.79 bits per heavy atom. The molecule has 1 aromatic carbocycles. The Morgan fingerprint density at radius 1 is 1.42 bits per heavy atom. The second-order valence-electron chi connectivity index (χ2n) is 5.09. The first-order valence-corrected chi connectivity index (χ1v) is 7.80. The van der Waals surface area contributed by atoms with Gasteiger partial charge in [0.25, 0.3) is 5.91 Å². The van der Waals surface area contributed by atoms with Gasteiger partial charge in [-0.25, -0.2) is 0 Å². The molecular weight excluding hydrogens is 256 g/mol. The molecule has 1 amide bonds. The molecule has 1 aliphatic rings. The van der Waals surface area contributed by atoms with Gasteiger partial charge < -0.3 is 10.2 Å². The van der Waals surface area contributed by atoms with Gasteiger partial charge >= 0.3 is 0 Å². The van der Waals surface area contributed by atoms with E-state index in [2.05, 4.69) is 19.2 Å². The fourth-order valence-electron chi connectivity index (χ4n) is 2.46. The smallest absolute Gasteiger partial charge is 0.254 e. The number of carbonyl (C=O) groups is 1. The van der Waals surface area contributed by atoms with Crippen LogP contribution in [0.1, 0.15) is 29.8 Å². The average molecular weight is 278 g/mol. The summed E-state index contributed by atoms with van der Waals surface area (Å²) in [6.45, 7) is 7.22. The molecular formula is C15H22N2OS. The highest BCUT2D eigenvalue weighted by Crippen LogP contribution is 2.26. The highest BCUT2D eigenvalue weighted by molar-refractivity contribution is 8.00. The number of carbonyl (C=O) groups excluding carboxylic acids is 1. The van der Waals surface area contributed by atoms with Crippen LogP contribution in [-0.4, -0.2) is 41.4 Å². The van der Waals surface area contributed by atoms with E-state index >= 15 is 0 Å². The normalized spacial score (nSPS) is 23.3. The van der Waals surface area contributed by atoms with Crippen LogP contribution in [0.3, 0.4) is 0 Å². The number of aryl methyl sites for hydroxylation is 1. The summed E-state index contributed by atoms with van der Waals surface area (Å²) in [6, 6.07) is 6.18. The predicted molar refractivity (Wildman–Crippen MR) is 83.1 cm³/mol. The number of benzene rings is 1. The Hall–Kier alpha value is -1.16. The maximum atomic E-state index is 12.6. The molecule has 19 heavy (non-hydrogen) atoms. The predicted octanol–water partition coefficient (Wildman–Crippen LogP) is 3.00. The van der Waals surface area contributed by atoms with Crippen molar-refractivity contribution in [3.8, 4) is 0 Å². The minimum atomic E-state index is 0.158. The van der Waals surface area contributed by atoms with Crippen LogP contribution in [0, 0.1) is 6.92 Å². The number of nitrogens with zero attached hydrogens (tertiary/aromatic N) is 1. The summed E-state index contributed by atoms with van der Waals surface area (Å²) in [4.78, 5) is 14.6. The molecule has 0 aliphatic carbocycles. The van der Waals surface area contributed by atoms with Gasteiger partial charge in [-0.05, 0) is 37.6 Å². The Kier molecular flexibility index (Phi) is 4.40. The van der Waals surface area contributed by atoms with Crippen molar-refractivity contribution in [2.45, 2.75) is 32.1 Å². The number of nitrogens with one attached hydrogen (secondary N) is 1. The molecule has 1 aliphatic heterocycles. The van der Waals surface area contributed by atoms with E-state index in [0.717, 1.165) is 29.1 Å². The van der Waals surface area contributed by atoms with Gasteiger partial charge in [-0.15, -0.1) is 0 Å². The van der Waals surface area contributed by atoms with Crippen LogP contribution in [0.4, 0.5) is 5.69 Å². The van der Waals surface area contributed by atoms with Crippen molar-refractivity contribution in [3.05, 3.63) is 29.3 Å². The molecule has 1 fully saturated rings. The van der Waals surface area contributed by atoms with Crippen molar-refractivity contribution in [1.29, 1.82) is 0 Å². The number of amides is 1. The van der Waals surface area contributed by atoms with Crippen LogP contribution < -0.4 is 5.32 Å². The number of hydrogen-bond donors (Lipinski definition) is 1. The third kappa shape index (κ3) is 2.89. The molecule has 0 aromatic heterocycles. The third-order valence-electron chi connectivity index (χ3n) is 3.89. The van der Waals surface area contributed by atoms with Crippen molar-refractivity contribution >= 4 is 23.4 Å². The zero-order chi connectivity index (χ0) is 14.0. The van der Waals surface area contributed by atoms with Gasteiger partial charge in [-0.3, -0.25) is 4.79 Å². The van der Waals surface area contributed by atoms with E-state index in [1.54, 1.807) is 0 Å². The first-order valence-electron chi connectivity index (χ1n) is 6.75. The van der Waals surface area contributed by atoms with Crippen LogP contribution in [-0.2, 0) is 0 Å². The van der Waals surface area contributed by atoms with Crippen molar-refractivity contribution < 1.29 is 4.79 Å². The Bertz CT molecular complexity index is 475. The Labute approximate surface area is 119 Å². The first-order chi connectivity index (χ1) is 9.04. The zero-order valence-corrected chi connectivity index (χ0v) is 12.9. The minimum absolute atomic E-state index is 0.158. The lowest BCUT2D eigenvalue weighted by Gasteiger charge is -2.37. The van der Waals surface area contributed by atoms with Gasteiger partial charge in [0.1, 0.15) is 0 Å². The maximum absolute atomic E-state index is 12.6. The third-order valence-corrected chi connectivity index (χ3v) is 5.23. The van der Waals surface area contributed by atoms with Crippen LogP contribution in [0.5, 0.6) is 0 Å². The number of rotatable bonds is 2. The largest absolute Gasteiger partial charge is 0.388 e. The summed E-state index contributed by atoms with van der Waals surface area (Å²) in [7, 11) is 1.90. The summed E-state index contributed by atoms with van der Waals surface area (Å²) >= 11 is 1.95. The quantitative estimate of drug-likeness (QED) is 0.902. The molecule has 0 saturated carbocycles. The van der Waals surface area contributed by atoms with Gasteiger partial charge in [0.2, 0.25) is 0 Å². The van der Waals surface area contributed by atoms with Gasteiger partial charge in [0, 0.05) is 41.9 Å². The lowest BCUT2D eigenvalue weighted by molar-refractivity contribution is 0.0698. The fraction of sp³-hybridized carbons (Fsp3) is 0.533. The van der Waals surface area contributed by atoms with Gasteiger partial charge in [-0.2, -0.15) is 11.8 Å². The molecule has 0 radical (unpaired) electrons. The van der Waals surface area contributed by atoms with Gasteiger partial charge in [0.15, 0.2) is 0 Å². The van der Waals surface area contributed by atoms with E-state index in [1.807, 2.05) is 48.8 Å². The lowest BCUT2D eigenvalue weighted by Crippen LogP contribution is -2.47. The van der Waals surface area contributed by atoms with Crippen molar-refractivity contribution in [3.63, 3.8) is 0 Å². The van der Waals surface area contributed by atoms with E-state index in [1.165, 1.54) is 0 Å². The molecule has 1 N–H and O–H groups in total. The van der Waals surface area contributed by atoms with Crippen molar-refractivity contribution in [2.75, 3.05) is 24.7 Å². The fourth-order valence-corrected chi connectivity index (χ4v) is 3.56. The SMILES string of the molecule is CNc1ccc(C(=O)N2CCSC(C)C2C)cc1C. The lowest BCUT2D eigenvalue weighted by atomic mass is 10.1. The standard InChI is InChI=1S/C15H22N2OS/c1-10-9-13(5-6-14(10)16-4)15(18)17-7-8-19-12(3)11(17)2/h5-6,9,11-12,16H,7-8H2,1-4H3. The molecule has 2 rings (SSSR count). The van der Waals surface area contributed by atoms with E-state index in [0.29, 0.717) is 11.3 Å². The molecule has 2 unspecified atom stereocenters. The topological polar surface area (TPSA) is 32.3 Å². The number of anilines is 1. The van der Waals surface area contributed by atoms with Crippen molar-refractivity contribution in [2.24, 2.45) is 0 Å². The van der Waals surface area contributed by atoms with Crippen LogP contribution in [0.15, 0.2) is 18.2 Å². The number of hydrogen-bond acceptors (Lipinski definition) is 3. The van der Waals surface area contributed by atoms with E-state index in [-0.39, 0.29) is 5.91 Å². The van der Waals surface area contributed by atoms with Crippen LogP contribution in [0.2, 0.25) is 0 Å². The second kappa shape index (κ2) is 5.87. The molecule has 0 bridgehead atoms. The Balaban J connectivity index is 2.21. The second-order valence-corrected chi connectivity index (χ2v) is 6.58. The molecule has 104 valence electrons. The van der Waals surface area contributed by atoms with Crippen LogP contribution >= 0.6 is 11.8 Å². The molecule has 4 heteroatoms. The molecule has 1 aromatic rings. The summed E-state index contributed by atoms with van der Waals surface area (Å²) in [5, 5.41) is 3.64. The summed E-state index contributed by atoms with van der Waals surface area (Å²) in [5.74, 6) is 1.19. The summed E-state index contributed by atoms with van der Waals surface area (Å²) < 4.78 is 0. The monoisotopic (exact) mass is 278 g/mol. The zero-order valence-electron chi connectivity index (χ0n) is 12.1. The average Bonchev–Trinajstić information content (AvgIpc) is 2.41. The molecule has 0 spiro atoms. The molecule has 1 heterocycles. The molecule has 3 nitrogen and oxygen atoms in total. The summed E-state index contributed by atoms with van der Waals surface area (Å²) in [6.07, 6.45) is 0. The molecule has 2 atom stereocenters. The van der Waals surface area contributed by atoms with Crippen LogP contribution in [0.25, 0.3) is 0 Å². The Morgan fingerprint density at radius 2 is 2.16 bits per heavy atom. The van der Waals surface area contributed by atoms with E-state index < -0.39 is 0 Å². The maximum Gasteiger partial charge on any atom is 0.254 e. The highest BCUT2D eigenvalue weighted by atomic mass is 32.2. The van der Waals surface area contributed by atoms with Gasteiger partial charge in [-0.1, -0.05) is 6.92 Å². The van der Waals surface area contributed by atoms with Crippen molar-refractivity contribution in [1.82, 2.24) is 4.90 Å². The highest BCUT2D eigenvalue weighted by Gasteiger charge is 2.29. The van der Waals surface area contributed by atoms with Gasteiger partial charge in [0.05, 0.1) is 0 Å². The minimum Gasteiger partial charge on any atom is -0.388 e. The van der Waals surface area contributed by atoms with E-state index in [9.17, 15) is 4.79 Å². The number of thioether (sulfide) groups is 1.